The molecule has 3 aromatic rings. The molecule has 1 aliphatic heterocycles. The number of hydrogen-bond acceptors (Lipinski definition) is 6. The molecule has 1 saturated heterocycles. The fourth-order valence-corrected chi connectivity index (χ4v) is 5.06. The standard InChI is InChI=1S/C19H16Cl2N4O3S2/c20-16-6-1-12(9-17(16)21)18(26)23-13-10-25(11-13)14-2-4-15(5-3-14)30(27,28)24-19-22-7-8-29-19/h1-9,13H,10-11H2,(H,22,24)(H,23,26). The molecule has 7 nitrogen and oxygen atoms in total. The van der Waals surface area contributed by atoms with Gasteiger partial charge in [-0.2, -0.15) is 0 Å². The van der Waals surface area contributed by atoms with Crippen molar-refractivity contribution in [2.75, 3.05) is 22.7 Å². The van der Waals surface area contributed by atoms with Crippen LogP contribution in [-0.2, 0) is 10.0 Å². The minimum absolute atomic E-state index is 0.0121. The first-order valence-corrected chi connectivity index (χ1v) is 12.0. The van der Waals surface area contributed by atoms with Gasteiger partial charge in [0, 0.05) is 35.9 Å². The lowest BCUT2D eigenvalue weighted by Crippen LogP contribution is -2.59. The number of anilines is 2. The lowest BCUT2D eigenvalue weighted by molar-refractivity contribution is 0.0930. The lowest BCUT2D eigenvalue weighted by Gasteiger charge is -2.41. The molecule has 1 aromatic heterocycles. The summed E-state index contributed by atoms with van der Waals surface area (Å²) in [7, 11) is -3.68. The molecule has 0 atom stereocenters. The van der Waals surface area contributed by atoms with Crippen LogP contribution in [0, 0.1) is 0 Å². The molecule has 1 amide bonds. The fourth-order valence-electron chi connectivity index (χ4n) is 2.97. The maximum atomic E-state index is 12.4. The third-order valence-electron chi connectivity index (χ3n) is 4.56. The number of benzene rings is 2. The summed E-state index contributed by atoms with van der Waals surface area (Å²) in [4.78, 5) is 18.5. The number of amides is 1. The van der Waals surface area contributed by atoms with Gasteiger partial charge in [0.25, 0.3) is 15.9 Å². The summed E-state index contributed by atoms with van der Waals surface area (Å²) in [5.41, 5.74) is 1.33. The normalized spacial score (nSPS) is 14.3. The van der Waals surface area contributed by atoms with Gasteiger partial charge in [0.1, 0.15) is 0 Å². The van der Waals surface area contributed by atoms with Crippen molar-refractivity contribution >= 4 is 61.3 Å². The maximum Gasteiger partial charge on any atom is 0.263 e. The summed E-state index contributed by atoms with van der Waals surface area (Å²) < 4.78 is 27.2. The van der Waals surface area contributed by atoms with E-state index in [0.29, 0.717) is 33.8 Å². The van der Waals surface area contributed by atoms with Crippen LogP contribution in [0.1, 0.15) is 10.4 Å². The van der Waals surface area contributed by atoms with Crippen LogP contribution >= 0.6 is 34.5 Å². The summed E-state index contributed by atoms with van der Waals surface area (Å²) in [5.74, 6) is -0.215. The van der Waals surface area contributed by atoms with Crippen LogP contribution in [0.4, 0.5) is 10.8 Å². The molecule has 0 aliphatic carbocycles. The number of halogens is 2. The Morgan fingerprint density at radius 3 is 2.47 bits per heavy atom. The van der Waals surface area contributed by atoms with Gasteiger partial charge >= 0.3 is 0 Å². The Morgan fingerprint density at radius 2 is 1.83 bits per heavy atom. The first-order chi connectivity index (χ1) is 14.3. The molecule has 0 unspecified atom stereocenters. The molecule has 11 heteroatoms. The van der Waals surface area contributed by atoms with Crippen LogP contribution in [0.5, 0.6) is 0 Å². The Labute approximate surface area is 187 Å². The molecule has 30 heavy (non-hydrogen) atoms. The number of thiazole rings is 1. The molecule has 0 bridgehead atoms. The predicted octanol–water partition coefficient (Wildman–Crippen LogP) is 3.87. The van der Waals surface area contributed by atoms with Crippen molar-refractivity contribution in [2.45, 2.75) is 10.9 Å². The number of rotatable bonds is 6. The predicted molar refractivity (Wildman–Crippen MR) is 119 cm³/mol. The van der Waals surface area contributed by atoms with Gasteiger partial charge in [-0.05, 0) is 42.5 Å². The van der Waals surface area contributed by atoms with Crippen LogP contribution in [0.25, 0.3) is 0 Å². The first kappa shape index (κ1) is 20.9. The van der Waals surface area contributed by atoms with Crippen molar-refractivity contribution in [3.63, 3.8) is 0 Å². The zero-order valence-electron chi connectivity index (χ0n) is 15.4. The van der Waals surface area contributed by atoms with E-state index in [1.54, 1.807) is 41.8 Å². The number of carbonyl (C=O) groups excluding carboxylic acids is 1. The Kier molecular flexibility index (Phi) is 5.88. The highest BCUT2D eigenvalue weighted by molar-refractivity contribution is 7.93. The molecule has 1 fully saturated rings. The highest BCUT2D eigenvalue weighted by Gasteiger charge is 2.29. The molecule has 0 spiro atoms. The minimum Gasteiger partial charge on any atom is -0.367 e. The SMILES string of the molecule is O=C(NC1CN(c2ccc(S(=O)(=O)Nc3nccs3)cc2)C1)c1ccc(Cl)c(Cl)c1. The van der Waals surface area contributed by atoms with Crippen molar-refractivity contribution in [3.05, 3.63) is 69.7 Å². The van der Waals surface area contributed by atoms with Gasteiger partial charge in [-0.3, -0.25) is 9.52 Å². The Hall–Kier alpha value is -2.33. The number of sulfonamides is 1. The van der Waals surface area contributed by atoms with E-state index in [0.717, 1.165) is 5.69 Å². The molecule has 0 radical (unpaired) electrons. The van der Waals surface area contributed by atoms with E-state index in [2.05, 4.69) is 15.0 Å². The molecular formula is C19H16Cl2N4O3S2. The topological polar surface area (TPSA) is 91.4 Å². The number of carbonyl (C=O) groups is 1. The Bertz CT molecular complexity index is 1160. The fraction of sp³-hybridized carbons (Fsp3) is 0.158. The van der Waals surface area contributed by atoms with Gasteiger partial charge in [-0.1, -0.05) is 23.2 Å². The van der Waals surface area contributed by atoms with Crippen LogP contribution < -0.4 is 14.9 Å². The van der Waals surface area contributed by atoms with E-state index >= 15 is 0 Å². The molecule has 2 heterocycles. The zero-order chi connectivity index (χ0) is 21.3. The average Bonchev–Trinajstić information content (AvgIpc) is 3.18. The Morgan fingerprint density at radius 1 is 1.10 bits per heavy atom. The molecule has 156 valence electrons. The van der Waals surface area contributed by atoms with Crippen LogP contribution in [-0.4, -0.2) is 38.4 Å². The second-order valence-corrected chi connectivity index (χ2v) is 10.0. The quantitative estimate of drug-likeness (QED) is 0.556. The second kappa shape index (κ2) is 8.43. The van der Waals surface area contributed by atoms with E-state index in [9.17, 15) is 13.2 Å². The molecule has 2 aromatic carbocycles. The van der Waals surface area contributed by atoms with Gasteiger partial charge in [0.15, 0.2) is 5.13 Å². The number of aromatic nitrogens is 1. The highest BCUT2D eigenvalue weighted by Crippen LogP contribution is 2.25. The van der Waals surface area contributed by atoms with Crippen molar-refractivity contribution in [3.8, 4) is 0 Å². The Balaban J connectivity index is 1.33. The van der Waals surface area contributed by atoms with E-state index in [-0.39, 0.29) is 16.8 Å². The minimum atomic E-state index is -3.68. The summed E-state index contributed by atoms with van der Waals surface area (Å²) in [6.07, 6.45) is 1.53. The number of nitrogens with one attached hydrogen (secondary N) is 2. The highest BCUT2D eigenvalue weighted by atomic mass is 35.5. The van der Waals surface area contributed by atoms with Crippen molar-refractivity contribution < 1.29 is 13.2 Å². The second-order valence-electron chi connectivity index (χ2n) is 6.64. The average molecular weight is 483 g/mol. The van der Waals surface area contributed by atoms with Gasteiger partial charge in [0.05, 0.1) is 21.0 Å². The molecular weight excluding hydrogens is 467 g/mol. The first-order valence-electron chi connectivity index (χ1n) is 8.85. The van der Waals surface area contributed by atoms with Gasteiger partial charge in [-0.15, -0.1) is 11.3 Å². The lowest BCUT2D eigenvalue weighted by atomic mass is 10.1. The summed E-state index contributed by atoms with van der Waals surface area (Å²) in [6, 6.07) is 11.3. The van der Waals surface area contributed by atoms with Crippen LogP contribution in [0.3, 0.4) is 0 Å². The van der Waals surface area contributed by atoms with Gasteiger partial charge in [-0.25, -0.2) is 13.4 Å². The third kappa shape index (κ3) is 4.54. The molecule has 2 N–H and O–H groups in total. The molecule has 0 saturated carbocycles. The van der Waals surface area contributed by atoms with E-state index in [1.165, 1.54) is 23.6 Å². The number of nitrogens with zero attached hydrogens (tertiary/aromatic N) is 2. The molecule has 1 aliphatic rings. The summed E-state index contributed by atoms with van der Waals surface area (Å²) in [6.45, 7) is 1.24. The van der Waals surface area contributed by atoms with E-state index in [1.807, 2.05) is 4.90 Å². The van der Waals surface area contributed by atoms with E-state index in [4.69, 9.17) is 23.2 Å². The van der Waals surface area contributed by atoms with Crippen molar-refractivity contribution in [2.24, 2.45) is 0 Å². The zero-order valence-corrected chi connectivity index (χ0v) is 18.5. The number of hydrogen-bond donors (Lipinski definition) is 2. The third-order valence-corrected chi connectivity index (χ3v) is 7.48. The summed E-state index contributed by atoms with van der Waals surface area (Å²) in [5, 5.41) is 5.69. The maximum absolute atomic E-state index is 12.4. The van der Waals surface area contributed by atoms with Crippen molar-refractivity contribution in [1.82, 2.24) is 10.3 Å². The van der Waals surface area contributed by atoms with E-state index < -0.39 is 10.0 Å². The molecule has 4 rings (SSSR count). The van der Waals surface area contributed by atoms with Gasteiger partial charge < -0.3 is 10.2 Å². The largest absolute Gasteiger partial charge is 0.367 e. The summed E-state index contributed by atoms with van der Waals surface area (Å²) >= 11 is 13.0. The van der Waals surface area contributed by atoms with Gasteiger partial charge in [0.2, 0.25) is 0 Å². The smallest absolute Gasteiger partial charge is 0.263 e. The van der Waals surface area contributed by atoms with Crippen LogP contribution in [0.15, 0.2) is 58.9 Å². The van der Waals surface area contributed by atoms with Crippen molar-refractivity contribution in [1.29, 1.82) is 0 Å². The monoisotopic (exact) mass is 482 g/mol. The van der Waals surface area contributed by atoms with Crippen LogP contribution in [0.2, 0.25) is 10.0 Å².